The van der Waals surface area contributed by atoms with Gasteiger partial charge in [-0.25, -0.2) is 9.97 Å². The Morgan fingerprint density at radius 1 is 1.42 bits per heavy atom. The van der Waals surface area contributed by atoms with Gasteiger partial charge in [-0.05, 0) is 6.42 Å². The van der Waals surface area contributed by atoms with Gasteiger partial charge in [0.2, 0.25) is 5.91 Å². The summed E-state index contributed by atoms with van der Waals surface area (Å²) >= 11 is 0. The maximum Gasteiger partial charge on any atom is 0.222 e. The number of aryl methyl sites for hydroxylation is 1. The van der Waals surface area contributed by atoms with Crippen molar-refractivity contribution in [2.45, 2.75) is 25.5 Å². The fourth-order valence-electron chi connectivity index (χ4n) is 2.72. The van der Waals surface area contributed by atoms with Crippen LogP contribution < -0.4 is 5.32 Å². The number of amides is 1. The molecule has 1 atom stereocenters. The van der Waals surface area contributed by atoms with Crippen LogP contribution in [-0.2, 0) is 16.1 Å². The first-order chi connectivity index (χ1) is 11.8. The van der Waals surface area contributed by atoms with Crippen LogP contribution in [0.3, 0.4) is 0 Å². The van der Waals surface area contributed by atoms with E-state index in [1.807, 2.05) is 4.90 Å². The van der Waals surface area contributed by atoms with Crippen LogP contribution in [0, 0.1) is 0 Å². The number of rotatable bonds is 6. The average molecular weight is 331 g/mol. The Labute approximate surface area is 140 Å². The smallest absolute Gasteiger partial charge is 0.222 e. The van der Waals surface area contributed by atoms with Gasteiger partial charge in [-0.15, -0.1) is 0 Å². The molecule has 0 saturated carbocycles. The summed E-state index contributed by atoms with van der Waals surface area (Å²) in [6.45, 7) is 2.29. The molecule has 0 aromatic carbocycles. The summed E-state index contributed by atoms with van der Waals surface area (Å²) < 4.78 is 7.52. The first kappa shape index (κ1) is 16.3. The zero-order chi connectivity index (χ0) is 16.8. The monoisotopic (exact) mass is 331 g/mol. The van der Waals surface area contributed by atoms with Crippen molar-refractivity contribution in [3.63, 3.8) is 0 Å². The summed E-state index contributed by atoms with van der Waals surface area (Å²) in [6, 6.07) is 0. The Bertz CT molecular complexity index is 662. The predicted molar refractivity (Wildman–Crippen MR) is 86.1 cm³/mol. The molecule has 0 radical (unpaired) electrons. The van der Waals surface area contributed by atoms with Crippen LogP contribution in [0.4, 0.5) is 5.82 Å². The molecule has 3 rings (SSSR count). The average Bonchev–Trinajstić information content (AvgIpc) is 3.15. The molecule has 1 saturated heterocycles. The molecule has 9 nitrogen and oxygen atoms in total. The zero-order valence-electron chi connectivity index (χ0n) is 13.6. The van der Waals surface area contributed by atoms with E-state index in [0.717, 1.165) is 12.1 Å². The van der Waals surface area contributed by atoms with Crippen LogP contribution in [0.15, 0.2) is 25.0 Å². The molecule has 0 unspecified atom stereocenters. The third kappa shape index (κ3) is 3.85. The van der Waals surface area contributed by atoms with E-state index < -0.39 is 0 Å². The highest BCUT2D eigenvalue weighted by Gasteiger charge is 2.27. The molecule has 128 valence electrons. The molecule has 0 bridgehead atoms. The number of carbonyl (C=O) groups excluding carboxylic acids is 1. The molecule has 0 spiro atoms. The van der Waals surface area contributed by atoms with Crippen LogP contribution in [0.2, 0.25) is 0 Å². The van der Waals surface area contributed by atoms with Crippen LogP contribution in [0.5, 0.6) is 0 Å². The van der Waals surface area contributed by atoms with Crippen LogP contribution in [0.1, 0.15) is 24.6 Å². The van der Waals surface area contributed by atoms with Gasteiger partial charge in [0.15, 0.2) is 0 Å². The van der Waals surface area contributed by atoms with Gasteiger partial charge in [-0.1, -0.05) is 0 Å². The Morgan fingerprint density at radius 3 is 3.08 bits per heavy atom. The van der Waals surface area contributed by atoms with Crippen molar-refractivity contribution >= 4 is 11.7 Å². The van der Waals surface area contributed by atoms with Crippen LogP contribution >= 0.6 is 0 Å². The molecule has 24 heavy (non-hydrogen) atoms. The normalized spacial score (nSPS) is 17.7. The van der Waals surface area contributed by atoms with Crippen molar-refractivity contribution in [1.29, 1.82) is 0 Å². The lowest BCUT2D eigenvalue weighted by Crippen LogP contribution is -2.42. The molecule has 1 aliphatic heterocycles. The summed E-state index contributed by atoms with van der Waals surface area (Å²) in [4.78, 5) is 26.8. The van der Waals surface area contributed by atoms with Gasteiger partial charge >= 0.3 is 0 Å². The second-order valence-corrected chi connectivity index (χ2v) is 5.50. The van der Waals surface area contributed by atoms with Crippen molar-refractivity contribution in [1.82, 2.24) is 29.6 Å². The minimum absolute atomic E-state index is 0.123. The third-order valence-electron chi connectivity index (χ3n) is 3.93. The second kappa shape index (κ2) is 7.82. The zero-order valence-corrected chi connectivity index (χ0v) is 13.6. The van der Waals surface area contributed by atoms with Crippen LogP contribution in [0.25, 0.3) is 0 Å². The van der Waals surface area contributed by atoms with E-state index in [1.54, 1.807) is 30.5 Å². The number of nitrogens with one attached hydrogen (secondary N) is 1. The minimum Gasteiger partial charge on any atom is -0.372 e. The van der Waals surface area contributed by atoms with E-state index in [4.69, 9.17) is 4.74 Å². The molecule has 2 aromatic heterocycles. The maximum atomic E-state index is 12.4. The van der Waals surface area contributed by atoms with Gasteiger partial charge in [-0.3, -0.25) is 14.5 Å². The van der Waals surface area contributed by atoms with E-state index in [-0.39, 0.29) is 12.0 Å². The lowest BCUT2D eigenvalue weighted by atomic mass is 10.1. The highest BCUT2D eigenvalue weighted by atomic mass is 16.5. The standard InChI is InChI=1S/C15H21N7O2/c1-16-15-14(18-4-5-19-15)12-9-21(7-8-24-12)13(23)3-2-6-22-11-17-10-20-22/h4-5,10-12H,2-3,6-9H2,1H3,(H,16,19)/t12-/m1/s1. The lowest BCUT2D eigenvalue weighted by Gasteiger charge is -2.33. The lowest BCUT2D eigenvalue weighted by molar-refractivity contribution is -0.139. The van der Waals surface area contributed by atoms with Crippen molar-refractivity contribution in [2.24, 2.45) is 0 Å². The van der Waals surface area contributed by atoms with Gasteiger partial charge in [0.1, 0.15) is 30.3 Å². The molecule has 3 heterocycles. The Hall–Kier alpha value is -2.55. The van der Waals surface area contributed by atoms with Gasteiger partial charge < -0.3 is 15.0 Å². The number of aromatic nitrogens is 5. The van der Waals surface area contributed by atoms with Gasteiger partial charge in [0.05, 0.1) is 13.2 Å². The van der Waals surface area contributed by atoms with Gasteiger partial charge in [-0.2, -0.15) is 5.10 Å². The highest BCUT2D eigenvalue weighted by Crippen LogP contribution is 2.25. The fourth-order valence-corrected chi connectivity index (χ4v) is 2.72. The number of morpholine rings is 1. The van der Waals surface area contributed by atoms with Gasteiger partial charge in [0, 0.05) is 39.0 Å². The van der Waals surface area contributed by atoms with Crippen LogP contribution in [-0.4, -0.2) is 62.3 Å². The molecule has 0 aliphatic carbocycles. The molecule has 1 fully saturated rings. The summed E-state index contributed by atoms with van der Waals surface area (Å²) in [5.41, 5.74) is 0.736. The third-order valence-corrected chi connectivity index (χ3v) is 3.93. The Balaban J connectivity index is 1.55. The maximum absolute atomic E-state index is 12.4. The molecule has 1 N–H and O–H groups in total. The summed E-state index contributed by atoms with van der Waals surface area (Å²) in [7, 11) is 1.80. The summed E-state index contributed by atoms with van der Waals surface area (Å²) in [5.74, 6) is 0.807. The number of carbonyl (C=O) groups is 1. The van der Waals surface area contributed by atoms with E-state index >= 15 is 0 Å². The quantitative estimate of drug-likeness (QED) is 0.822. The molecule has 1 aliphatic rings. The van der Waals surface area contributed by atoms with Crippen molar-refractivity contribution in [3.8, 4) is 0 Å². The first-order valence-corrected chi connectivity index (χ1v) is 7.98. The van der Waals surface area contributed by atoms with Crippen molar-refractivity contribution in [3.05, 3.63) is 30.7 Å². The fraction of sp³-hybridized carbons (Fsp3) is 0.533. The predicted octanol–water partition coefficient (Wildman–Crippen LogP) is 0.490. The SMILES string of the molecule is CNc1nccnc1[C@H]1CN(C(=O)CCCn2cncn2)CCO1. The number of hydrogen-bond donors (Lipinski definition) is 1. The number of nitrogens with zero attached hydrogens (tertiary/aromatic N) is 6. The number of ether oxygens (including phenoxy) is 1. The van der Waals surface area contributed by atoms with E-state index in [1.165, 1.54) is 6.33 Å². The van der Waals surface area contributed by atoms with Gasteiger partial charge in [0.25, 0.3) is 0 Å². The van der Waals surface area contributed by atoms with E-state index in [0.29, 0.717) is 38.5 Å². The molecular weight excluding hydrogens is 310 g/mol. The molecular formula is C15H21N7O2. The number of hydrogen-bond acceptors (Lipinski definition) is 7. The highest BCUT2D eigenvalue weighted by molar-refractivity contribution is 5.76. The second-order valence-electron chi connectivity index (χ2n) is 5.50. The molecule has 9 heteroatoms. The first-order valence-electron chi connectivity index (χ1n) is 7.98. The minimum atomic E-state index is -0.255. The molecule has 1 amide bonds. The van der Waals surface area contributed by atoms with E-state index in [9.17, 15) is 4.79 Å². The Morgan fingerprint density at radius 2 is 2.29 bits per heavy atom. The summed E-state index contributed by atoms with van der Waals surface area (Å²) in [6.07, 6.45) is 7.37. The largest absolute Gasteiger partial charge is 0.372 e. The topological polar surface area (TPSA) is 98.1 Å². The molecule has 2 aromatic rings. The summed E-state index contributed by atoms with van der Waals surface area (Å²) in [5, 5.41) is 7.05. The van der Waals surface area contributed by atoms with Crippen molar-refractivity contribution < 1.29 is 9.53 Å². The van der Waals surface area contributed by atoms with Crippen molar-refractivity contribution in [2.75, 3.05) is 32.1 Å². The Kier molecular flexibility index (Phi) is 5.32. The van der Waals surface area contributed by atoms with E-state index in [2.05, 4.69) is 25.4 Å². The number of anilines is 1.